The van der Waals surface area contributed by atoms with E-state index in [4.69, 9.17) is 0 Å². The molecule has 19 heavy (non-hydrogen) atoms. The van der Waals surface area contributed by atoms with Crippen LogP contribution in [0.5, 0.6) is 0 Å². The zero-order valence-corrected chi connectivity index (χ0v) is 11.0. The van der Waals surface area contributed by atoms with Gasteiger partial charge in [0.05, 0.1) is 5.52 Å². The van der Waals surface area contributed by atoms with Crippen molar-refractivity contribution in [3.63, 3.8) is 0 Å². The zero-order chi connectivity index (χ0) is 12.7. The van der Waals surface area contributed by atoms with Crippen LogP contribution in [0.25, 0.3) is 31.4 Å². The molecule has 0 saturated heterocycles. The Kier molecular flexibility index (Phi) is 2.35. The van der Waals surface area contributed by atoms with Crippen LogP contribution < -0.4 is 0 Å². The van der Waals surface area contributed by atoms with Crippen molar-refractivity contribution in [3.05, 3.63) is 66.9 Å². The largest absolute Gasteiger partial charge is 0.256 e. The van der Waals surface area contributed by atoms with Crippen molar-refractivity contribution in [2.75, 3.05) is 0 Å². The summed E-state index contributed by atoms with van der Waals surface area (Å²) >= 11 is 1.82. The Morgan fingerprint density at radius 1 is 0.789 bits per heavy atom. The average Bonchev–Trinajstić information content (AvgIpc) is 2.90. The minimum Gasteiger partial charge on any atom is -0.256 e. The molecular weight excluding hydrogens is 250 g/mol. The van der Waals surface area contributed by atoms with E-state index in [-0.39, 0.29) is 0 Å². The molecule has 0 bridgehead atoms. The smallest absolute Gasteiger partial charge is 0.0702 e. The van der Waals surface area contributed by atoms with E-state index < -0.39 is 0 Å². The van der Waals surface area contributed by atoms with Crippen molar-refractivity contribution in [2.24, 2.45) is 0 Å². The lowest BCUT2D eigenvalue weighted by atomic mass is 10.1. The molecule has 0 fully saturated rings. The van der Waals surface area contributed by atoms with Crippen LogP contribution in [0.15, 0.2) is 66.9 Å². The molecule has 0 N–H and O–H groups in total. The molecule has 0 amide bonds. The number of benzene rings is 2. The molecule has 4 rings (SSSR count). The van der Waals surface area contributed by atoms with E-state index in [1.807, 2.05) is 29.7 Å². The summed E-state index contributed by atoms with van der Waals surface area (Å²) in [6, 6.07) is 21.2. The van der Waals surface area contributed by atoms with Gasteiger partial charge in [0.15, 0.2) is 0 Å². The van der Waals surface area contributed by atoms with E-state index in [2.05, 4.69) is 53.5 Å². The minimum absolute atomic E-state index is 1.05. The normalized spacial score (nSPS) is 11.2. The molecule has 1 nitrogen and oxygen atoms in total. The first-order valence-electron chi connectivity index (χ1n) is 6.24. The third kappa shape index (κ3) is 1.81. The summed E-state index contributed by atoms with van der Waals surface area (Å²) in [6.07, 6.45) is 1.97. The second-order valence-electron chi connectivity index (χ2n) is 4.57. The van der Waals surface area contributed by atoms with Crippen molar-refractivity contribution >= 4 is 32.3 Å². The van der Waals surface area contributed by atoms with Crippen molar-refractivity contribution < 1.29 is 0 Å². The van der Waals surface area contributed by atoms with Gasteiger partial charge in [-0.3, -0.25) is 4.98 Å². The molecular formula is C17H11NS. The number of fused-ring (bicyclic) bond motifs is 2. The summed E-state index contributed by atoms with van der Waals surface area (Å²) in [5.41, 5.74) is 2.24. The first-order valence-corrected chi connectivity index (χ1v) is 7.05. The third-order valence-electron chi connectivity index (χ3n) is 3.30. The monoisotopic (exact) mass is 261 g/mol. The fraction of sp³-hybridized carbons (Fsp3) is 0. The summed E-state index contributed by atoms with van der Waals surface area (Å²) in [6.45, 7) is 0. The van der Waals surface area contributed by atoms with Crippen LogP contribution in [-0.2, 0) is 0 Å². The van der Waals surface area contributed by atoms with E-state index in [1.54, 1.807) is 0 Å². The molecule has 90 valence electrons. The highest BCUT2D eigenvalue weighted by Crippen LogP contribution is 2.33. The SMILES string of the molecule is c1ccc2ncc(-c3cc4ccccc4s3)cc2c1. The summed E-state index contributed by atoms with van der Waals surface area (Å²) in [5, 5.41) is 2.49. The molecule has 0 unspecified atom stereocenters. The predicted molar refractivity (Wildman–Crippen MR) is 82.6 cm³/mol. The molecule has 0 atom stereocenters. The van der Waals surface area contributed by atoms with E-state index in [1.165, 1.54) is 25.9 Å². The number of aromatic nitrogens is 1. The van der Waals surface area contributed by atoms with Crippen LogP contribution >= 0.6 is 11.3 Å². The van der Waals surface area contributed by atoms with Crippen molar-refractivity contribution in [3.8, 4) is 10.4 Å². The molecule has 2 heterocycles. The number of para-hydroxylation sites is 1. The van der Waals surface area contributed by atoms with Crippen LogP contribution in [0.1, 0.15) is 0 Å². The van der Waals surface area contributed by atoms with Gasteiger partial charge in [-0.25, -0.2) is 0 Å². The summed E-state index contributed by atoms with van der Waals surface area (Å²) in [4.78, 5) is 5.81. The van der Waals surface area contributed by atoms with Crippen molar-refractivity contribution in [1.82, 2.24) is 4.98 Å². The molecule has 0 spiro atoms. The van der Waals surface area contributed by atoms with Gasteiger partial charge in [-0.05, 0) is 29.7 Å². The van der Waals surface area contributed by atoms with E-state index in [0.29, 0.717) is 0 Å². The molecule has 4 aromatic rings. The van der Waals surface area contributed by atoms with Crippen molar-refractivity contribution in [2.45, 2.75) is 0 Å². The van der Waals surface area contributed by atoms with Crippen molar-refractivity contribution in [1.29, 1.82) is 0 Å². The van der Waals surface area contributed by atoms with Gasteiger partial charge in [-0.2, -0.15) is 0 Å². The van der Waals surface area contributed by atoms with Crippen LogP contribution in [-0.4, -0.2) is 4.98 Å². The van der Waals surface area contributed by atoms with Gasteiger partial charge in [0.25, 0.3) is 0 Å². The Morgan fingerprint density at radius 2 is 1.58 bits per heavy atom. The summed E-state index contributed by atoms with van der Waals surface area (Å²) in [5.74, 6) is 0. The number of thiophene rings is 1. The number of hydrogen-bond donors (Lipinski definition) is 0. The van der Waals surface area contributed by atoms with Gasteiger partial charge in [0.2, 0.25) is 0 Å². The highest BCUT2D eigenvalue weighted by atomic mass is 32.1. The molecule has 0 saturated carbocycles. The maximum absolute atomic E-state index is 4.53. The Balaban J connectivity index is 1.93. The van der Waals surface area contributed by atoms with E-state index >= 15 is 0 Å². The molecule has 0 aliphatic rings. The lowest BCUT2D eigenvalue weighted by Gasteiger charge is -2.00. The molecule has 0 aliphatic heterocycles. The average molecular weight is 261 g/mol. The fourth-order valence-corrected chi connectivity index (χ4v) is 3.37. The summed E-state index contributed by atoms with van der Waals surface area (Å²) < 4.78 is 1.32. The topological polar surface area (TPSA) is 12.9 Å². The van der Waals surface area contributed by atoms with Gasteiger partial charge in [0.1, 0.15) is 0 Å². The fourth-order valence-electron chi connectivity index (χ4n) is 2.33. The van der Waals surface area contributed by atoms with Gasteiger partial charge in [0, 0.05) is 26.7 Å². The molecule has 0 radical (unpaired) electrons. The lowest BCUT2D eigenvalue weighted by Crippen LogP contribution is -1.79. The van der Waals surface area contributed by atoms with Gasteiger partial charge >= 0.3 is 0 Å². The van der Waals surface area contributed by atoms with Crippen LogP contribution in [0.2, 0.25) is 0 Å². The second-order valence-corrected chi connectivity index (χ2v) is 5.65. The van der Waals surface area contributed by atoms with Crippen LogP contribution in [0.4, 0.5) is 0 Å². The summed E-state index contributed by atoms with van der Waals surface area (Å²) in [7, 11) is 0. The molecule has 2 aromatic carbocycles. The lowest BCUT2D eigenvalue weighted by molar-refractivity contribution is 1.42. The van der Waals surface area contributed by atoms with Gasteiger partial charge < -0.3 is 0 Å². The van der Waals surface area contributed by atoms with E-state index in [9.17, 15) is 0 Å². The molecule has 2 aromatic heterocycles. The maximum atomic E-state index is 4.53. The third-order valence-corrected chi connectivity index (χ3v) is 4.47. The number of pyridine rings is 1. The molecule has 0 aliphatic carbocycles. The van der Waals surface area contributed by atoms with Gasteiger partial charge in [-0.1, -0.05) is 36.4 Å². The minimum atomic E-state index is 1.05. The Morgan fingerprint density at radius 3 is 2.47 bits per heavy atom. The highest BCUT2D eigenvalue weighted by Gasteiger charge is 2.05. The Hall–Kier alpha value is -2.19. The maximum Gasteiger partial charge on any atom is 0.0702 e. The first-order chi connectivity index (χ1) is 9.40. The standard InChI is InChI=1S/C17H11NS/c1-3-7-15-12(5-1)9-14(11-18-15)17-10-13-6-2-4-8-16(13)19-17/h1-11H. The van der Waals surface area contributed by atoms with Crippen LogP contribution in [0, 0.1) is 0 Å². The Labute approximate surface area is 115 Å². The quantitative estimate of drug-likeness (QED) is 0.463. The van der Waals surface area contributed by atoms with Gasteiger partial charge in [-0.15, -0.1) is 11.3 Å². The first kappa shape index (κ1) is 10.7. The predicted octanol–water partition coefficient (Wildman–Crippen LogP) is 5.12. The number of rotatable bonds is 1. The zero-order valence-electron chi connectivity index (χ0n) is 10.2. The number of nitrogens with zero attached hydrogens (tertiary/aromatic N) is 1. The number of hydrogen-bond acceptors (Lipinski definition) is 2. The highest BCUT2D eigenvalue weighted by molar-refractivity contribution is 7.22. The van der Waals surface area contributed by atoms with E-state index in [0.717, 1.165) is 5.52 Å². The second kappa shape index (κ2) is 4.18. The Bertz CT molecular complexity index is 843. The van der Waals surface area contributed by atoms with Crippen LogP contribution in [0.3, 0.4) is 0 Å². The molecule has 2 heteroatoms.